The number of ether oxygens (including phenoxy) is 2. The van der Waals surface area contributed by atoms with Crippen LogP contribution in [0.1, 0.15) is 17.0 Å². The molecule has 0 aliphatic carbocycles. The van der Waals surface area contributed by atoms with E-state index in [1.807, 2.05) is 31.2 Å². The van der Waals surface area contributed by atoms with Gasteiger partial charge in [-0.1, -0.05) is 12.1 Å². The maximum atomic E-state index is 12.1. The first-order valence-corrected chi connectivity index (χ1v) is 8.76. The minimum absolute atomic E-state index is 0.00162. The van der Waals surface area contributed by atoms with Crippen molar-refractivity contribution in [2.24, 2.45) is 0 Å². The number of benzene rings is 1. The molecule has 1 saturated heterocycles. The standard InChI is InChI=1S/C19H24N4O3/c1-15-10-22-17(13-21-15)12-20-11-16-2-4-18(5-3-16)26-14-19(24)23-6-8-25-9-7-23/h2-5,10,13,20H,6-9,11-12,14H2,1H3. The van der Waals surface area contributed by atoms with Gasteiger partial charge in [0.2, 0.25) is 0 Å². The number of nitrogens with zero attached hydrogens (tertiary/aromatic N) is 3. The summed E-state index contributed by atoms with van der Waals surface area (Å²) >= 11 is 0. The number of aromatic nitrogens is 2. The number of carbonyl (C=O) groups excluding carboxylic acids is 1. The topological polar surface area (TPSA) is 76.6 Å². The van der Waals surface area contributed by atoms with Gasteiger partial charge in [-0.2, -0.15) is 0 Å². The highest BCUT2D eigenvalue weighted by molar-refractivity contribution is 5.77. The number of amides is 1. The first kappa shape index (κ1) is 18.3. The second kappa shape index (κ2) is 9.26. The van der Waals surface area contributed by atoms with Crippen molar-refractivity contribution in [3.05, 3.63) is 53.6 Å². The highest BCUT2D eigenvalue weighted by Crippen LogP contribution is 2.12. The van der Waals surface area contributed by atoms with Crippen LogP contribution in [0.2, 0.25) is 0 Å². The summed E-state index contributed by atoms with van der Waals surface area (Å²) in [7, 11) is 0. The Morgan fingerprint density at radius 1 is 1.15 bits per heavy atom. The molecule has 0 unspecified atom stereocenters. The van der Waals surface area contributed by atoms with E-state index in [-0.39, 0.29) is 12.5 Å². The molecule has 0 atom stereocenters. The molecule has 1 amide bonds. The van der Waals surface area contributed by atoms with Crippen LogP contribution in [0, 0.1) is 6.92 Å². The summed E-state index contributed by atoms with van der Waals surface area (Å²) in [4.78, 5) is 22.4. The Kier molecular flexibility index (Phi) is 6.51. The summed E-state index contributed by atoms with van der Waals surface area (Å²) in [5.74, 6) is 0.693. The molecule has 3 rings (SSSR count). The smallest absolute Gasteiger partial charge is 0.260 e. The number of morpholine rings is 1. The van der Waals surface area contributed by atoms with Crippen molar-refractivity contribution in [2.45, 2.75) is 20.0 Å². The Balaban J connectivity index is 1.40. The molecule has 0 saturated carbocycles. The van der Waals surface area contributed by atoms with Crippen LogP contribution in [-0.2, 0) is 22.6 Å². The highest BCUT2D eigenvalue weighted by Gasteiger charge is 2.16. The summed E-state index contributed by atoms with van der Waals surface area (Å²) in [6.07, 6.45) is 3.55. The van der Waals surface area contributed by atoms with Gasteiger partial charge in [0.25, 0.3) is 5.91 Å². The first-order chi connectivity index (χ1) is 12.7. The first-order valence-electron chi connectivity index (χ1n) is 8.76. The van der Waals surface area contributed by atoms with E-state index in [4.69, 9.17) is 9.47 Å². The van der Waals surface area contributed by atoms with E-state index in [9.17, 15) is 4.79 Å². The fraction of sp³-hybridized carbons (Fsp3) is 0.421. The third-order valence-electron chi connectivity index (χ3n) is 4.12. The van der Waals surface area contributed by atoms with Crippen LogP contribution < -0.4 is 10.1 Å². The van der Waals surface area contributed by atoms with Gasteiger partial charge in [-0.3, -0.25) is 14.8 Å². The SMILES string of the molecule is Cc1cnc(CNCc2ccc(OCC(=O)N3CCOCC3)cc2)cn1. The van der Waals surface area contributed by atoms with Crippen molar-refractivity contribution in [3.63, 3.8) is 0 Å². The Hall–Kier alpha value is -2.51. The zero-order valence-electron chi connectivity index (χ0n) is 15.0. The number of nitrogens with one attached hydrogen (secondary N) is 1. The molecule has 1 N–H and O–H groups in total. The number of hydrogen-bond acceptors (Lipinski definition) is 6. The van der Waals surface area contributed by atoms with Gasteiger partial charge in [0.15, 0.2) is 6.61 Å². The molecule has 7 nitrogen and oxygen atoms in total. The van der Waals surface area contributed by atoms with Gasteiger partial charge in [0, 0.05) is 38.6 Å². The largest absolute Gasteiger partial charge is 0.484 e. The molecule has 1 aliphatic rings. The normalized spacial score (nSPS) is 14.3. The third-order valence-corrected chi connectivity index (χ3v) is 4.12. The van der Waals surface area contributed by atoms with Crippen molar-refractivity contribution in [1.82, 2.24) is 20.2 Å². The molecule has 2 aromatic rings. The average molecular weight is 356 g/mol. The fourth-order valence-electron chi connectivity index (χ4n) is 2.60. The molecule has 1 aliphatic heterocycles. The van der Waals surface area contributed by atoms with Gasteiger partial charge in [0.1, 0.15) is 5.75 Å². The summed E-state index contributed by atoms with van der Waals surface area (Å²) < 4.78 is 10.8. The van der Waals surface area contributed by atoms with Crippen LogP contribution in [0.5, 0.6) is 5.75 Å². The van der Waals surface area contributed by atoms with Gasteiger partial charge < -0.3 is 19.7 Å². The summed E-state index contributed by atoms with van der Waals surface area (Å²) in [6, 6.07) is 7.75. The van der Waals surface area contributed by atoms with Gasteiger partial charge in [0.05, 0.1) is 24.6 Å². The summed E-state index contributed by atoms with van der Waals surface area (Å²) in [5.41, 5.74) is 2.96. The van der Waals surface area contributed by atoms with Crippen LogP contribution >= 0.6 is 0 Å². The maximum Gasteiger partial charge on any atom is 0.260 e. The molecule has 0 radical (unpaired) electrons. The van der Waals surface area contributed by atoms with E-state index in [0.717, 1.165) is 23.5 Å². The van der Waals surface area contributed by atoms with Crippen LogP contribution in [0.15, 0.2) is 36.7 Å². The van der Waals surface area contributed by atoms with Gasteiger partial charge in [-0.25, -0.2) is 0 Å². The van der Waals surface area contributed by atoms with Gasteiger partial charge in [-0.05, 0) is 24.6 Å². The molecule has 1 aromatic heterocycles. The zero-order valence-corrected chi connectivity index (χ0v) is 15.0. The second-order valence-electron chi connectivity index (χ2n) is 6.18. The minimum atomic E-state index is -0.00162. The van der Waals surface area contributed by atoms with Crippen LogP contribution in [0.3, 0.4) is 0 Å². The lowest BCUT2D eigenvalue weighted by molar-refractivity contribution is -0.137. The van der Waals surface area contributed by atoms with Crippen molar-refractivity contribution in [2.75, 3.05) is 32.9 Å². The summed E-state index contributed by atoms with van der Waals surface area (Å²) in [5, 5.41) is 3.33. The molecular formula is C19H24N4O3. The lowest BCUT2D eigenvalue weighted by atomic mass is 10.2. The summed E-state index contributed by atoms with van der Waals surface area (Å²) in [6.45, 7) is 5.84. The minimum Gasteiger partial charge on any atom is -0.484 e. The number of rotatable bonds is 7. The van der Waals surface area contributed by atoms with Crippen LogP contribution in [0.4, 0.5) is 0 Å². The molecule has 1 fully saturated rings. The van der Waals surface area contributed by atoms with E-state index in [1.54, 1.807) is 17.3 Å². The van der Waals surface area contributed by atoms with E-state index in [2.05, 4.69) is 15.3 Å². The third kappa shape index (κ3) is 5.50. The van der Waals surface area contributed by atoms with Crippen LogP contribution in [-0.4, -0.2) is 53.7 Å². The van der Waals surface area contributed by atoms with Crippen molar-refractivity contribution >= 4 is 5.91 Å². The molecule has 26 heavy (non-hydrogen) atoms. The second-order valence-corrected chi connectivity index (χ2v) is 6.18. The Labute approximate surface area is 153 Å². The average Bonchev–Trinajstić information content (AvgIpc) is 2.69. The van der Waals surface area contributed by atoms with E-state index in [1.165, 1.54) is 0 Å². The van der Waals surface area contributed by atoms with E-state index in [0.29, 0.717) is 38.6 Å². The van der Waals surface area contributed by atoms with Crippen molar-refractivity contribution in [3.8, 4) is 5.75 Å². The van der Waals surface area contributed by atoms with Gasteiger partial charge in [-0.15, -0.1) is 0 Å². The molecule has 138 valence electrons. The molecule has 1 aromatic carbocycles. The number of carbonyl (C=O) groups is 1. The molecular weight excluding hydrogens is 332 g/mol. The Morgan fingerprint density at radius 2 is 1.92 bits per heavy atom. The van der Waals surface area contributed by atoms with Gasteiger partial charge >= 0.3 is 0 Å². The lowest BCUT2D eigenvalue weighted by Crippen LogP contribution is -2.42. The zero-order chi connectivity index (χ0) is 18.2. The predicted molar refractivity (Wildman–Crippen MR) is 96.6 cm³/mol. The lowest BCUT2D eigenvalue weighted by Gasteiger charge is -2.26. The number of hydrogen-bond donors (Lipinski definition) is 1. The quantitative estimate of drug-likeness (QED) is 0.806. The predicted octanol–water partition coefficient (Wildman–Crippen LogP) is 1.31. The van der Waals surface area contributed by atoms with Crippen LogP contribution in [0.25, 0.3) is 0 Å². The monoisotopic (exact) mass is 356 g/mol. The molecule has 7 heteroatoms. The van der Waals surface area contributed by atoms with E-state index < -0.39 is 0 Å². The Morgan fingerprint density at radius 3 is 2.62 bits per heavy atom. The highest BCUT2D eigenvalue weighted by atomic mass is 16.5. The molecule has 0 bridgehead atoms. The number of aryl methyl sites for hydroxylation is 1. The fourth-order valence-corrected chi connectivity index (χ4v) is 2.60. The maximum absolute atomic E-state index is 12.1. The van der Waals surface area contributed by atoms with Crippen molar-refractivity contribution in [1.29, 1.82) is 0 Å². The Bertz CT molecular complexity index is 698. The van der Waals surface area contributed by atoms with Crippen molar-refractivity contribution < 1.29 is 14.3 Å². The van der Waals surface area contributed by atoms with E-state index >= 15 is 0 Å². The molecule has 0 spiro atoms. The molecule has 2 heterocycles.